The first kappa shape index (κ1) is 9.70. The summed E-state index contributed by atoms with van der Waals surface area (Å²) in [7, 11) is 0. The number of hydrogen-bond acceptors (Lipinski definition) is 5. The molecule has 0 atom stereocenters. The van der Waals surface area contributed by atoms with Gasteiger partial charge < -0.3 is 15.8 Å². The van der Waals surface area contributed by atoms with Crippen LogP contribution in [-0.2, 0) is 0 Å². The summed E-state index contributed by atoms with van der Waals surface area (Å²) in [6.07, 6.45) is 4.27. The second-order valence-corrected chi connectivity index (χ2v) is 3.43. The van der Waals surface area contributed by atoms with Gasteiger partial charge in [0, 0.05) is 19.0 Å². The lowest BCUT2D eigenvalue weighted by Gasteiger charge is -2.27. The Morgan fingerprint density at radius 3 is 3.00 bits per heavy atom. The van der Waals surface area contributed by atoms with E-state index < -0.39 is 0 Å². The lowest BCUT2D eigenvalue weighted by molar-refractivity contribution is 0.315. The summed E-state index contributed by atoms with van der Waals surface area (Å²) < 4.78 is 0. The fourth-order valence-corrected chi connectivity index (χ4v) is 1.68. The Kier molecular flexibility index (Phi) is 2.66. The lowest BCUT2D eigenvalue weighted by atomic mass is 10.1. The van der Waals surface area contributed by atoms with Crippen molar-refractivity contribution in [2.75, 3.05) is 17.2 Å². The van der Waals surface area contributed by atoms with E-state index in [1.807, 2.05) is 4.90 Å². The highest BCUT2D eigenvalue weighted by molar-refractivity contribution is 5.97. The first-order valence-corrected chi connectivity index (χ1v) is 4.87. The van der Waals surface area contributed by atoms with Crippen LogP contribution in [-0.4, -0.2) is 27.6 Å². The number of aromatic nitrogens is 2. The molecule has 1 aromatic rings. The van der Waals surface area contributed by atoms with Crippen LogP contribution >= 0.6 is 0 Å². The monoisotopic (exact) mass is 207 g/mol. The van der Waals surface area contributed by atoms with Crippen LogP contribution in [0.5, 0.6) is 0 Å². The van der Waals surface area contributed by atoms with Crippen molar-refractivity contribution in [3.8, 4) is 0 Å². The molecule has 1 saturated heterocycles. The fourth-order valence-electron chi connectivity index (χ4n) is 1.68. The van der Waals surface area contributed by atoms with Crippen molar-refractivity contribution in [2.24, 2.45) is 5.16 Å². The number of nitrogens with zero attached hydrogens (tertiary/aromatic N) is 4. The van der Waals surface area contributed by atoms with Crippen LogP contribution in [0.25, 0.3) is 0 Å². The van der Waals surface area contributed by atoms with Gasteiger partial charge in [-0.25, -0.2) is 9.97 Å². The van der Waals surface area contributed by atoms with Gasteiger partial charge in [-0.2, -0.15) is 0 Å². The minimum absolute atomic E-state index is 0.419. The van der Waals surface area contributed by atoms with Crippen LogP contribution < -0.4 is 10.6 Å². The molecule has 0 saturated carbocycles. The third kappa shape index (κ3) is 1.98. The molecular weight excluding hydrogens is 194 g/mol. The average Bonchev–Trinajstić information content (AvgIpc) is 2.29. The van der Waals surface area contributed by atoms with Crippen molar-refractivity contribution in [2.45, 2.75) is 19.3 Å². The lowest BCUT2D eigenvalue weighted by Crippen LogP contribution is -2.36. The molecule has 0 aromatic carbocycles. The molecule has 1 aromatic heterocycles. The van der Waals surface area contributed by atoms with E-state index in [1.165, 1.54) is 6.33 Å². The van der Waals surface area contributed by atoms with Gasteiger partial charge in [-0.3, -0.25) is 0 Å². The van der Waals surface area contributed by atoms with Crippen molar-refractivity contribution >= 4 is 17.5 Å². The number of nitrogen functional groups attached to an aromatic ring is 1. The van der Waals surface area contributed by atoms with Gasteiger partial charge in [0.05, 0.1) is 0 Å². The van der Waals surface area contributed by atoms with Gasteiger partial charge >= 0.3 is 0 Å². The maximum atomic E-state index is 8.86. The molecule has 0 radical (unpaired) electrons. The fraction of sp³-hybridized carbons (Fsp3) is 0.444. The Bertz CT molecular complexity index is 379. The van der Waals surface area contributed by atoms with Crippen LogP contribution in [0, 0.1) is 0 Å². The van der Waals surface area contributed by atoms with Crippen molar-refractivity contribution in [1.29, 1.82) is 0 Å². The van der Waals surface area contributed by atoms with Gasteiger partial charge in [0.1, 0.15) is 23.8 Å². The van der Waals surface area contributed by atoms with Gasteiger partial charge in [-0.05, 0) is 12.8 Å². The molecule has 2 rings (SSSR count). The molecule has 15 heavy (non-hydrogen) atoms. The normalized spacial score (nSPS) is 19.5. The number of anilines is 2. The molecular formula is C9H13N5O. The maximum Gasteiger partial charge on any atom is 0.149 e. The molecule has 0 aliphatic carbocycles. The molecule has 3 N–H and O–H groups in total. The molecule has 1 aliphatic rings. The average molecular weight is 207 g/mol. The molecule has 2 heterocycles. The van der Waals surface area contributed by atoms with E-state index in [0.717, 1.165) is 25.8 Å². The molecule has 6 heteroatoms. The molecule has 0 spiro atoms. The van der Waals surface area contributed by atoms with Crippen LogP contribution in [0.15, 0.2) is 17.5 Å². The van der Waals surface area contributed by atoms with E-state index in [-0.39, 0.29) is 0 Å². The molecule has 0 amide bonds. The summed E-state index contributed by atoms with van der Waals surface area (Å²) in [4.78, 5) is 9.79. The minimum Gasteiger partial charge on any atom is -0.409 e. The highest BCUT2D eigenvalue weighted by Gasteiger charge is 2.19. The summed E-state index contributed by atoms with van der Waals surface area (Å²) in [5, 5.41) is 12.1. The SMILES string of the molecule is Nc1cc(N2CCCC/C2=N\O)ncn1. The van der Waals surface area contributed by atoms with Crippen molar-refractivity contribution in [1.82, 2.24) is 9.97 Å². The second kappa shape index (κ2) is 4.12. The maximum absolute atomic E-state index is 8.86. The van der Waals surface area contributed by atoms with Gasteiger partial charge in [-0.15, -0.1) is 0 Å². The molecule has 6 nitrogen and oxygen atoms in total. The van der Waals surface area contributed by atoms with Crippen LogP contribution in [0.3, 0.4) is 0 Å². The van der Waals surface area contributed by atoms with Gasteiger partial charge in [0.15, 0.2) is 0 Å². The Labute approximate surface area is 87.4 Å². The number of piperidine rings is 1. The Morgan fingerprint density at radius 1 is 1.40 bits per heavy atom. The van der Waals surface area contributed by atoms with E-state index in [2.05, 4.69) is 15.1 Å². The highest BCUT2D eigenvalue weighted by atomic mass is 16.4. The van der Waals surface area contributed by atoms with Crippen molar-refractivity contribution in [3.05, 3.63) is 12.4 Å². The molecule has 0 bridgehead atoms. The zero-order valence-electron chi connectivity index (χ0n) is 8.30. The Hall–Kier alpha value is -1.85. The standard InChI is InChI=1S/C9H13N5O/c10-7-5-9(12-6-11-7)14-4-2-1-3-8(14)13-15/h5-6,15H,1-4H2,(H2,10,11,12)/b13-8+. The summed E-state index contributed by atoms with van der Waals surface area (Å²) in [6, 6.07) is 1.68. The topological polar surface area (TPSA) is 87.6 Å². The third-order valence-corrected chi connectivity index (χ3v) is 2.41. The molecule has 1 fully saturated rings. The van der Waals surface area contributed by atoms with Crippen LogP contribution in [0.4, 0.5) is 11.6 Å². The number of amidine groups is 1. The zero-order valence-corrected chi connectivity index (χ0v) is 8.30. The first-order valence-electron chi connectivity index (χ1n) is 4.87. The summed E-state index contributed by atoms with van der Waals surface area (Å²) in [5.41, 5.74) is 5.57. The minimum atomic E-state index is 0.419. The smallest absolute Gasteiger partial charge is 0.149 e. The number of hydrogen-bond donors (Lipinski definition) is 2. The Morgan fingerprint density at radius 2 is 2.27 bits per heavy atom. The van der Waals surface area contributed by atoms with Crippen molar-refractivity contribution < 1.29 is 5.21 Å². The number of nitrogens with two attached hydrogens (primary N) is 1. The van der Waals surface area contributed by atoms with E-state index >= 15 is 0 Å². The second-order valence-electron chi connectivity index (χ2n) is 3.43. The zero-order chi connectivity index (χ0) is 10.7. The third-order valence-electron chi connectivity index (χ3n) is 2.41. The summed E-state index contributed by atoms with van der Waals surface area (Å²) in [6.45, 7) is 0.801. The molecule has 1 aliphatic heterocycles. The first-order chi connectivity index (χ1) is 7.31. The van der Waals surface area contributed by atoms with E-state index in [0.29, 0.717) is 17.5 Å². The van der Waals surface area contributed by atoms with Crippen LogP contribution in [0.1, 0.15) is 19.3 Å². The summed E-state index contributed by atoms with van der Waals surface area (Å²) in [5.74, 6) is 1.75. The summed E-state index contributed by atoms with van der Waals surface area (Å²) >= 11 is 0. The van der Waals surface area contributed by atoms with E-state index in [9.17, 15) is 0 Å². The quantitative estimate of drug-likeness (QED) is 0.526. The predicted molar refractivity (Wildman–Crippen MR) is 56.9 cm³/mol. The van der Waals surface area contributed by atoms with E-state index in [4.69, 9.17) is 10.9 Å². The molecule has 80 valence electrons. The van der Waals surface area contributed by atoms with Crippen LogP contribution in [0.2, 0.25) is 0 Å². The largest absolute Gasteiger partial charge is 0.409 e. The van der Waals surface area contributed by atoms with Crippen molar-refractivity contribution in [3.63, 3.8) is 0 Å². The van der Waals surface area contributed by atoms with Gasteiger partial charge in [0.25, 0.3) is 0 Å². The molecule has 0 unspecified atom stereocenters. The number of oxime groups is 1. The van der Waals surface area contributed by atoms with Gasteiger partial charge in [0.2, 0.25) is 0 Å². The van der Waals surface area contributed by atoms with E-state index in [1.54, 1.807) is 6.07 Å². The van der Waals surface area contributed by atoms with Gasteiger partial charge in [-0.1, -0.05) is 5.16 Å². The predicted octanol–water partition coefficient (Wildman–Crippen LogP) is 0.837. The number of rotatable bonds is 1. The Balaban J connectivity index is 2.28. The highest BCUT2D eigenvalue weighted by Crippen LogP contribution is 2.19.